The number of rotatable bonds is 8. The first-order chi connectivity index (χ1) is 9.78. The molecule has 2 rings (SSSR count). The van der Waals surface area contributed by atoms with Crippen LogP contribution < -0.4 is 4.90 Å². The van der Waals surface area contributed by atoms with Crippen LogP contribution in [0.3, 0.4) is 0 Å². The Kier molecular flexibility index (Phi) is 5.99. The lowest BCUT2D eigenvalue weighted by molar-refractivity contribution is 0.765. The van der Waals surface area contributed by atoms with E-state index in [4.69, 9.17) is 23.2 Å². The van der Waals surface area contributed by atoms with E-state index in [1.54, 1.807) is 0 Å². The summed E-state index contributed by atoms with van der Waals surface area (Å²) in [6.07, 6.45) is 3.35. The highest BCUT2D eigenvalue weighted by molar-refractivity contribution is 6.18. The van der Waals surface area contributed by atoms with Crippen LogP contribution in [0, 0.1) is 0 Å². The van der Waals surface area contributed by atoms with Crippen molar-refractivity contribution in [3.05, 3.63) is 24.0 Å². The number of nitrogens with zero attached hydrogens (tertiary/aromatic N) is 2. The van der Waals surface area contributed by atoms with Crippen molar-refractivity contribution in [2.45, 2.75) is 26.2 Å². The normalized spacial score (nSPS) is 11.2. The molecular weight excluding hydrogens is 293 g/mol. The van der Waals surface area contributed by atoms with Gasteiger partial charge in [-0.2, -0.15) is 0 Å². The van der Waals surface area contributed by atoms with Crippen molar-refractivity contribution in [1.82, 2.24) is 9.97 Å². The first-order valence-corrected chi connectivity index (χ1v) is 8.21. The minimum Gasteiger partial charge on any atom is -0.369 e. The number of benzene rings is 1. The molecule has 0 saturated heterocycles. The molecule has 0 bridgehead atoms. The molecule has 2 aromatic rings. The van der Waals surface area contributed by atoms with Gasteiger partial charge in [0, 0.05) is 37.0 Å². The molecule has 0 aliphatic rings. The summed E-state index contributed by atoms with van der Waals surface area (Å²) < 4.78 is 0. The Morgan fingerprint density at radius 2 is 1.95 bits per heavy atom. The fraction of sp³-hybridized carbons (Fsp3) is 0.533. The number of anilines is 1. The molecule has 3 nitrogen and oxygen atoms in total. The number of H-pyrrole nitrogens is 1. The molecule has 110 valence electrons. The predicted octanol–water partition coefficient (Wildman–Crippen LogP) is 4.19. The summed E-state index contributed by atoms with van der Waals surface area (Å²) in [6, 6.07) is 6.29. The van der Waals surface area contributed by atoms with Gasteiger partial charge in [0.15, 0.2) is 0 Å². The van der Waals surface area contributed by atoms with Gasteiger partial charge in [-0.15, -0.1) is 23.2 Å². The average molecular weight is 314 g/mol. The summed E-state index contributed by atoms with van der Waals surface area (Å²) in [5, 5.41) is 0. The van der Waals surface area contributed by atoms with Crippen LogP contribution in [-0.4, -0.2) is 34.8 Å². The van der Waals surface area contributed by atoms with E-state index in [-0.39, 0.29) is 0 Å². The molecule has 0 amide bonds. The second-order valence-electron chi connectivity index (χ2n) is 4.85. The van der Waals surface area contributed by atoms with Crippen molar-refractivity contribution in [3.63, 3.8) is 0 Å². The van der Waals surface area contributed by atoms with Crippen molar-refractivity contribution in [1.29, 1.82) is 0 Å². The topological polar surface area (TPSA) is 31.9 Å². The Hall–Kier alpha value is -0.930. The number of hydrogen-bond donors (Lipinski definition) is 1. The standard InChI is InChI=1S/C15H21Cl2N3/c1-2-3-4-15-18-13-6-5-12(11-14(13)19-15)20(9-7-16)10-8-17/h5-6,11H,2-4,7-10H2,1H3,(H,18,19). The molecule has 0 unspecified atom stereocenters. The van der Waals surface area contributed by atoms with E-state index in [1.807, 2.05) is 0 Å². The Bertz CT molecular complexity index is 533. The number of halogens is 2. The number of hydrogen-bond acceptors (Lipinski definition) is 2. The fourth-order valence-electron chi connectivity index (χ4n) is 2.28. The Balaban J connectivity index is 2.22. The minimum absolute atomic E-state index is 0.597. The van der Waals surface area contributed by atoms with Crippen molar-refractivity contribution in [3.8, 4) is 0 Å². The number of nitrogens with one attached hydrogen (secondary N) is 1. The maximum Gasteiger partial charge on any atom is 0.107 e. The average Bonchev–Trinajstić information content (AvgIpc) is 2.86. The van der Waals surface area contributed by atoms with Crippen LogP contribution in [0.25, 0.3) is 11.0 Å². The quantitative estimate of drug-likeness (QED) is 0.741. The van der Waals surface area contributed by atoms with Crippen molar-refractivity contribution >= 4 is 39.9 Å². The number of aromatic nitrogens is 2. The minimum atomic E-state index is 0.597. The molecule has 0 fully saturated rings. The van der Waals surface area contributed by atoms with Crippen LogP contribution in [0.4, 0.5) is 5.69 Å². The van der Waals surface area contributed by atoms with Crippen LogP contribution in [0.5, 0.6) is 0 Å². The van der Waals surface area contributed by atoms with E-state index >= 15 is 0 Å². The van der Waals surface area contributed by atoms with Crippen molar-refractivity contribution in [2.75, 3.05) is 29.7 Å². The molecule has 0 radical (unpaired) electrons. The SMILES string of the molecule is CCCCc1nc2ccc(N(CCCl)CCCl)cc2[nH]1. The lowest BCUT2D eigenvalue weighted by atomic mass is 10.2. The second kappa shape index (κ2) is 7.75. The Labute approximate surface area is 130 Å². The zero-order valence-electron chi connectivity index (χ0n) is 11.8. The molecule has 0 saturated carbocycles. The van der Waals surface area contributed by atoms with Crippen LogP contribution in [0.2, 0.25) is 0 Å². The molecule has 0 spiro atoms. The third kappa shape index (κ3) is 3.80. The highest BCUT2D eigenvalue weighted by Crippen LogP contribution is 2.21. The van der Waals surface area contributed by atoms with Gasteiger partial charge in [-0.05, 0) is 24.6 Å². The number of unbranched alkanes of at least 4 members (excludes halogenated alkanes) is 1. The summed E-state index contributed by atoms with van der Waals surface area (Å²) in [5.74, 6) is 2.26. The lowest BCUT2D eigenvalue weighted by Crippen LogP contribution is -2.27. The molecule has 1 aromatic heterocycles. The van der Waals surface area contributed by atoms with E-state index in [1.165, 1.54) is 6.42 Å². The van der Waals surface area contributed by atoms with Crippen LogP contribution in [0.15, 0.2) is 18.2 Å². The largest absolute Gasteiger partial charge is 0.369 e. The van der Waals surface area contributed by atoms with Gasteiger partial charge in [-0.1, -0.05) is 13.3 Å². The van der Waals surface area contributed by atoms with Gasteiger partial charge >= 0.3 is 0 Å². The molecule has 1 aromatic carbocycles. The van der Waals surface area contributed by atoms with Gasteiger partial charge in [-0.25, -0.2) is 4.98 Å². The van der Waals surface area contributed by atoms with Crippen molar-refractivity contribution < 1.29 is 0 Å². The van der Waals surface area contributed by atoms with Crippen molar-refractivity contribution in [2.24, 2.45) is 0 Å². The second-order valence-corrected chi connectivity index (χ2v) is 5.61. The number of aromatic amines is 1. The van der Waals surface area contributed by atoms with E-state index in [0.717, 1.165) is 48.5 Å². The molecule has 0 atom stereocenters. The lowest BCUT2D eigenvalue weighted by Gasteiger charge is -2.22. The first kappa shape index (κ1) is 15.5. The Morgan fingerprint density at radius 3 is 2.60 bits per heavy atom. The number of alkyl halides is 2. The Morgan fingerprint density at radius 1 is 1.20 bits per heavy atom. The third-order valence-electron chi connectivity index (χ3n) is 3.36. The van der Waals surface area contributed by atoms with Crippen LogP contribution in [0.1, 0.15) is 25.6 Å². The smallest absolute Gasteiger partial charge is 0.107 e. The van der Waals surface area contributed by atoms with E-state index in [9.17, 15) is 0 Å². The number of aryl methyl sites for hydroxylation is 1. The van der Waals surface area contributed by atoms with E-state index in [0.29, 0.717) is 11.8 Å². The predicted molar refractivity (Wildman–Crippen MR) is 88.4 cm³/mol. The number of imidazole rings is 1. The molecule has 1 N–H and O–H groups in total. The van der Waals surface area contributed by atoms with E-state index in [2.05, 4.69) is 40.0 Å². The molecule has 20 heavy (non-hydrogen) atoms. The maximum absolute atomic E-state index is 5.86. The molecule has 1 heterocycles. The van der Waals surface area contributed by atoms with Crippen LogP contribution >= 0.6 is 23.2 Å². The highest BCUT2D eigenvalue weighted by atomic mass is 35.5. The first-order valence-electron chi connectivity index (χ1n) is 7.14. The zero-order chi connectivity index (χ0) is 14.4. The summed E-state index contributed by atoms with van der Waals surface area (Å²) in [6.45, 7) is 3.80. The van der Waals surface area contributed by atoms with E-state index < -0.39 is 0 Å². The third-order valence-corrected chi connectivity index (χ3v) is 3.69. The fourth-order valence-corrected chi connectivity index (χ4v) is 2.69. The monoisotopic (exact) mass is 313 g/mol. The number of fused-ring (bicyclic) bond motifs is 1. The van der Waals surface area contributed by atoms with Gasteiger partial charge in [0.1, 0.15) is 5.82 Å². The molecule has 0 aliphatic carbocycles. The zero-order valence-corrected chi connectivity index (χ0v) is 13.3. The summed E-state index contributed by atoms with van der Waals surface area (Å²) in [7, 11) is 0. The highest BCUT2D eigenvalue weighted by Gasteiger charge is 2.08. The van der Waals surface area contributed by atoms with Gasteiger partial charge in [0.25, 0.3) is 0 Å². The van der Waals surface area contributed by atoms with Gasteiger partial charge in [-0.3, -0.25) is 0 Å². The summed E-state index contributed by atoms with van der Waals surface area (Å²) >= 11 is 11.7. The van der Waals surface area contributed by atoms with Crippen LogP contribution in [-0.2, 0) is 6.42 Å². The summed E-state index contributed by atoms with van der Waals surface area (Å²) in [4.78, 5) is 10.2. The van der Waals surface area contributed by atoms with Gasteiger partial charge in [0.2, 0.25) is 0 Å². The van der Waals surface area contributed by atoms with Gasteiger partial charge < -0.3 is 9.88 Å². The summed E-state index contributed by atoms with van der Waals surface area (Å²) in [5.41, 5.74) is 3.25. The maximum atomic E-state index is 5.86. The molecule has 0 aliphatic heterocycles. The molecule has 5 heteroatoms. The molecular formula is C15H21Cl2N3. The van der Waals surface area contributed by atoms with Gasteiger partial charge in [0.05, 0.1) is 11.0 Å².